The van der Waals surface area contributed by atoms with E-state index in [1.165, 1.54) is 0 Å². The molecule has 6 nitrogen and oxygen atoms in total. The first kappa shape index (κ1) is 18.5. The molecule has 1 amide bonds. The molecular formula is C20H26N2O4. The lowest BCUT2D eigenvalue weighted by Crippen LogP contribution is -2.45. The van der Waals surface area contributed by atoms with Crippen LogP contribution in [-0.4, -0.2) is 37.9 Å². The molecule has 1 fully saturated rings. The lowest BCUT2D eigenvalue weighted by atomic mass is 9.73. The van der Waals surface area contributed by atoms with Crippen molar-refractivity contribution in [3.8, 4) is 5.75 Å². The monoisotopic (exact) mass is 358 g/mol. The maximum absolute atomic E-state index is 12.5. The second-order valence-corrected chi connectivity index (χ2v) is 6.85. The van der Waals surface area contributed by atoms with E-state index >= 15 is 0 Å². The van der Waals surface area contributed by atoms with Gasteiger partial charge in [-0.15, -0.1) is 0 Å². The Hall–Kier alpha value is -2.34. The number of rotatable bonds is 6. The smallest absolute Gasteiger partial charge is 0.224 e. The summed E-state index contributed by atoms with van der Waals surface area (Å²) in [6, 6.07) is 8.04. The van der Waals surface area contributed by atoms with Gasteiger partial charge in [-0.05, 0) is 32.8 Å². The fourth-order valence-electron chi connectivity index (χ4n) is 3.63. The first-order valence-electron chi connectivity index (χ1n) is 8.95. The maximum Gasteiger partial charge on any atom is 0.224 e. The van der Waals surface area contributed by atoms with Gasteiger partial charge in [0, 0.05) is 36.3 Å². The first-order chi connectivity index (χ1) is 12.6. The lowest BCUT2D eigenvalue weighted by molar-refractivity contribution is -0.121. The molecule has 140 valence electrons. The molecule has 0 bridgehead atoms. The molecule has 3 rings (SSSR count). The van der Waals surface area contributed by atoms with E-state index in [4.69, 9.17) is 14.0 Å². The Morgan fingerprint density at radius 1 is 1.27 bits per heavy atom. The number of carbonyl (C=O) groups is 1. The Morgan fingerprint density at radius 2 is 2.00 bits per heavy atom. The van der Waals surface area contributed by atoms with E-state index in [-0.39, 0.29) is 17.7 Å². The second kappa shape index (κ2) is 7.91. The number of nitrogens with one attached hydrogen (secondary N) is 1. The number of methoxy groups -OCH3 is 1. The maximum atomic E-state index is 12.5. The van der Waals surface area contributed by atoms with Crippen LogP contribution in [0.1, 0.15) is 35.4 Å². The summed E-state index contributed by atoms with van der Waals surface area (Å²) in [6.07, 6.45) is 1.97. The number of para-hydroxylation sites is 1. The number of nitrogens with zero attached hydrogens (tertiary/aromatic N) is 1. The molecule has 26 heavy (non-hydrogen) atoms. The molecule has 1 saturated heterocycles. The normalized spacial score (nSPS) is 16.3. The number of benzene rings is 1. The van der Waals surface area contributed by atoms with Crippen molar-refractivity contribution < 1.29 is 18.8 Å². The number of aryl methyl sites for hydroxylation is 2. The summed E-state index contributed by atoms with van der Waals surface area (Å²) < 4.78 is 16.3. The Bertz CT molecular complexity index is 743. The highest BCUT2D eigenvalue weighted by atomic mass is 16.5. The molecule has 1 aromatic heterocycles. The van der Waals surface area contributed by atoms with E-state index < -0.39 is 0 Å². The van der Waals surface area contributed by atoms with Crippen LogP contribution < -0.4 is 10.1 Å². The van der Waals surface area contributed by atoms with Crippen LogP contribution in [-0.2, 0) is 21.4 Å². The number of carbonyl (C=O) groups excluding carboxylic acids is 1. The third-order valence-electron chi connectivity index (χ3n) is 5.27. The summed E-state index contributed by atoms with van der Waals surface area (Å²) >= 11 is 0. The first-order valence-corrected chi connectivity index (χ1v) is 8.95. The lowest BCUT2D eigenvalue weighted by Gasteiger charge is -2.38. The summed E-state index contributed by atoms with van der Waals surface area (Å²) in [7, 11) is 1.68. The van der Waals surface area contributed by atoms with Crippen molar-refractivity contribution in [1.82, 2.24) is 10.5 Å². The van der Waals surface area contributed by atoms with Crippen LogP contribution in [0.15, 0.2) is 28.8 Å². The van der Waals surface area contributed by atoms with E-state index in [1.54, 1.807) is 7.11 Å². The summed E-state index contributed by atoms with van der Waals surface area (Å²) in [5, 5.41) is 7.03. The SMILES string of the molecule is COc1ccccc1C1(CNC(=O)Cc2c(C)noc2C)CCOCC1. The van der Waals surface area contributed by atoms with Gasteiger partial charge in [0.1, 0.15) is 11.5 Å². The van der Waals surface area contributed by atoms with Gasteiger partial charge in [0.2, 0.25) is 5.91 Å². The van der Waals surface area contributed by atoms with Crippen molar-refractivity contribution >= 4 is 5.91 Å². The summed E-state index contributed by atoms with van der Waals surface area (Å²) in [5.41, 5.74) is 2.58. The molecule has 0 spiro atoms. The molecule has 0 radical (unpaired) electrons. The van der Waals surface area contributed by atoms with Gasteiger partial charge in [0.15, 0.2) is 0 Å². The molecule has 2 aromatic rings. The number of aromatic nitrogens is 1. The van der Waals surface area contributed by atoms with Crippen molar-refractivity contribution in [3.05, 3.63) is 46.8 Å². The van der Waals surface area contributed by atoms with Crippen LogP contribution in [0.25, 0.3) is 0 Å². The van der Waals surface area contributed by atoms with Crippen LogP contribution in [0.4, 0.5) is 0 Å². The molecule has 0 unspecified atom stereocenters. The van der Waals surface area contributed by atoms with E-state index in [2.05, 4.69) is 16.5 Å². The van der Waals surface area contributed by atoms with Crippen molar-refractivity contribution in [2.75, 3.05) is 26.9 Å². The van der Waals surface area contributed by atoms with Crippen molar-refractivity contribution in [2.45, 2.75) is 38.5 Å². The number of amides is 1. The fourth-order valence-corrected chi connectivity index (χ4v) is 3.63. The number of hydrogen-bond donors (Lipinski definition) is 1. The molecule has 1 aliphatic heterocycles. The van der Waals surface area contributed by atoms with E-state index in [0.29, 0.717) is 25.5 Å². The minimum absolute atomic E-state index is 0.0276. The van der Waals surface area contributed by atoms with Crippen LogP contribution in [0.5, 0.6) is 5.75 Å². The molecular weight excluding hydrogens is 332 g/mol. The predicted molar refractivity (Wildman–Crippen MR) is 97.4 cm³/mol. The zero-order valence-electron chi connectivity index (χ0n) is 15.6. The minimum Gasteiger partial charge on any atom is -0.496 e. The molecule has 6 heteroatoms. The average Bonchev–Trinajstić information content (AvgIpc) is 2.99. The summed E-state index contributed by atoms with van der Waals surface area (Å²) in [6.45, 7) is 5.60. The molecule has 1 aliphatic rings. The molecule has 1 aromatic carbocycles. The van der Waals surface area contributed by atoms with Gasteiger partial charge in [-0.2, -0.15) is 0 Å². The van der Waals surface area contributed by atoms with Gasteiger partial charge in [0.05, 0.1) is 19.2 Å². The Labute approximate surface area is 153 Å². The van der Waals surface area contributed by atoms with E-state index in [9.17, 15) is 4.79 Å². The standard InChI is InChI=1S/C20H26N2O4/c1-14-16(15(2)26-22-14)12-19(23)21-13-20(8-10-25-11-9-20)17-6-4-5-7-18(17)24-3/h4-7H,8-13H2,1-3H3,(H,21,23). The molecule has 1 N–H and O–H groups in total. The van der Waals surface area contributed by atoms with Crippen molar-refractivity contribution in [2.24, 2.45) is 0 Å². The van der Waals surface area contributed by atoms with Crippen LogP contribution in [0.3, 0.4) is 0 Å². The molecule has 0 aliphatic carbocycles. The Balaban J connectivity index is 1.76. The Morgan fingerprint density at radius 3 is 2.65 bits per heavy atom. The highest BCUT2D eigenvalue weighted by Gasteiger charge is 2.37. The predicted octanol–water partition coefficient (Wildman–Crippen LogP) is 2.71. The Kier molecular flexibility index (Phi) is 5.61. The highest BCUT2D eigenvalue weighted by Crippen LogP contribution is 2.39. The third-order valence-corrected chi connectivity index (χ3v) is 5.27. The fraction of sp³-hybridized carbons (Fsp3) is 0.500. The quantitative estimate of drug-likeness (QED) is 0.859. The van der Waals surface area contributed by atoms with Crippen LogP contribution >= 0.6 is 0 Å². The van der Waals surface area contributed by atoms with Gasteiger partial charge in [-0.1, -0.05) is 23.4 Å². The summed E-state index contributed by atoms with van der Waals surface area (Å²) in [5.74, 6) is 1.53. The van der Waals surface area contributed by atoms with Gasteiger partial charge in [-0.25, -0.2) is 0 Å². The number of ether oxygens (including phenoxy) is 2. The summed E-state index contributed by atoms with van der Waals surface area (Å²) in [4.78, 5) is 12.5. The van der Waals surface area contributed by atoms with E-state index in [0.717, 1.165) is 35.4 Å². The van der Waals surface area contributed by atoms with Gasteiger partial charge < -0.3 is 19.3 Å². The zero-order chi connectivity index (χ0) is 18.6. The minimum atomic E-state index is -0.181. The largest absolute Gasteiger partial charge is 0.496 e. The molecule has 0 saturated carbocycles. The van der Waals surface area contributed by atoms with Crippen LogP contribution in [0.2, 0.25) is 0 Å². The topological polar surface area (TPSA) is 73.6 Å². The van der Waals surface area contributed by atoms with Crippen molar-refractivity contribution in [3.63, 3.8) is 0 Å². The van der Waals surface area contributed by atoms with Gasteiger partial charge >= 0.3 is 0 Å². The van der Waals surface area contributed by atoms with E-state index in [1.807, 2.05) is 32.0 Å². The second-order valence-electron chi connectivity index (χ2n) is 6.85. The molecule has 0 atom stereocenters. The average molecular weight is 358 g/mol. The van der Waals surface area contributed by atoms with Gasteiger partial charge in [0.25, 0.3) is 0 Å². The van der Waals surface area contributed by atoms with Gasteiger partial charge in [-0.3, -0.25) is 4.79 Å². The van der Waals surface area contributed by atoms with Crippen LogP contribution in [0, 0.1) is 13.8 Å². The zero-order valence-corrected chi connectivity index (χ0v) is 15.6. The van der Waals surface area contributed by atoms with Crippen molar-refractivity contribution in [1.29, 1.82) is 0 Å². The molecule has 2 heterocycles. The highest BCUT2D eigenvalue weighted by molar-refractivity contribution is 5.79. The third kappa shape index (κ3) is 3.75. The number of hydrogen-bond acceptors (Lipinski definition) is 5.